The molecular formula is C17H13F2N3. The number of fused-ring (bicyclic) bond motifs is 3. The van der Waals surface area contributed by atoms with Gasteiger partial charge in [-0.1, -0.05) is 24.3 Å². The van der Waals surface area contributed by atoms with Crippen LogP contribution >= 0.6 is 0 Å². The summed E-state index contributed by atoms with van der Waals surface area (Å²) in [5.74, 6) is -0.369. The third-order valence-corrected chi connectivity index (χ3v) is 3.98. The Hall–Kier alpha value is -2.82. The van der Waals surface area contributed by atoms with Gasteiger partial charge in [0.2, 0.25) is 0 Å². The number of benzene rings is 2. The predicted molar refractivity (Wildman–Crippen MR) is 83.6 cm³/mol. The number of hydrogen-bond acceptors (Lipinski definition) is 1. The molecule has 110 valence electrons. The van der Waals surface area contributed by atoms with Crippen molar-refractivity contribution in [2.24, 2.45) is 0 Å². The maximum absolute atomic E-state index is 13.8. The van der Waals surface area contributed by atoms with E-state index >= 15 is 0 Å². The second-order valence-electron chi connectivity index (χ2n) is 5.29. The van der Waals surface area contributed by atoms with E-state index in [1.165, 1.54) is 0 Å². The minimum absolute atomic E-state index is 0.0989. The first-order valence-corrected chi connectivity index (χ1v) is 6.94. The lowest BCUT2D eigenvalue weighted by Gasteiger charge is -2.07. The maximum atomic E-state index is 13.8. The average molecular weight is 297 g/mol. The van der Waals surface area contributed by atoms with Gasteiger partial charge in [-0.15, -0.1) is 0 Å². The standard InChI is InChI=1S/C17H13F2N3/c1-9-11-4-2-3-5-12(11)16-15(9)17(22-21-16)20-14-8-10(18)6-7-13(14)19/h2-8,20-22H,1H3. The average Bonchev–Trinajstić information content (AvgIpc) is 3.05. The Labute approximate surface area is 125 Å². The van der Waals surface area contributed by atoms with E-state index in [-0.39, 0.29) is 5.69 Å². The van der Waals surface area contributed by atoms with Crippen LogP contribution in [0.15, 0.2) is 42.5 Å². The molecule has 0 unspecified atom stereocenters. The summed E-state index contributed by atoms with van der Waals surface area (Å²) in [5, 5.41) is 11.3. The highest BCUT2D eigenvalue weighted by molar-refractivity contribution is 6.07. The highest BCUT2D eigenvalue weighted by atomic mass is 19.1. The van der Waals surface area contributed by atoms with E-state index in [2.05, 4.69) is 15.5 Å². The summed E-state index contributed by atoms with van der Waals surface area (Å²) in [4.78, 5) is 0. The lowest BCUT2D eigenvalue weighted by atomic mass is 10.1. The fraction of sp³-hybridized carbons (Fsp3) is 0.0588. The van der Waals surface area contributed by atoms with Gasteiger partial charge in [0.05, 0.1) is 11.4 Å². The van der Waals surface area contributed by atoms with Gasteiger partial charge in [0.15, 0.2) is 0 Å². The second-order valence-corrected chi connectivity index (χ2v) is 5.29. The van der Waals surface area contributed by atoms with Crippen molar-refractivity contribution in [1.82, 2.24) is 10.2 Å². The molecule has 0 saturated carbocycles. The highest BCUT2D eigenvalue weighted by Crippen LogP contribution is 2.42. The van der Waals surface area contributed by atoms with Crippen LogP contribution in [0.3, 0.4) is 0 Å². The number of aryl methyl sites for hydroxylation is 1. The third-order valence-electron chi connectivity index (χ3n) is 3.98. The third kappa shape index (κ3) is 1.79. The van der Waals surface area contributed by atoms with Crippen molar-refractivity contribution in [3.05, 3.63) is 59.7 Å². The molecule has 0 amide bonds. The zero-order valence-electron chi connectivity index (χ0n) is 11.8. The SMILES string of the molecule is Cc1c2c(Nc3cc(F)ccc3F)[nH][nH]c-2c2ccccc12. The number of anilines is 2. The maximum Gasteiger partial charge on any atom is 0.146 e. The monoisotopic (exact) mass is 297 g/mol. The van der Waals surface area contributed by atoms with Crippen molar-refractivity contribution in [3.63, 3.8) is 0 Å². The Morgan fingerprint density at radius 1 is 0.955 bits per heavy atom. The largest absolute Gasteiger partial charge is 0.338 e. The Morgan fingerprint density at radius 2 is 1.73 bits per heavy atom. The first-order valence-electron chi connectivity index (χ1n) is 6.94. The number of aromatic nitrogens is 2. The first kappa shape index (κ1) is 12.9. The number of halogens is 2. The molecular weight excluding hydrogens is 284 g/mol. The molecule has 0 radical (unpaired) electrons. The summed E-state index contributed by atoms with van der Waals surface area (Å²) >= 11 is 0. The van der Waals surface area contributed by atoms with E-state index in [4.69, 9.17) is 0 Å². The molecule has 0 bridgehead atoms. The summed E-state index contributed by atoms with van der Waals surface area (Å²) in [5.41, 5.74) is 3.08. The van der Waals surface area contributed by atoms with Crippen LogP contribution in [0.2, 0.25) is 0 Å². The van der Waals surface area contributed by atoms with Crippen molar-refractivity contribution in [3.8, 4) is 11.3 Å². The van der Waals surface area contributed by atoms with Gasteiger partial charge in [0.1, 0.15) is 17.5 Å². The molecule has 2 aromatic rings. The number of aromatic amines is 2. The van der Waals surface area contributed by atoms with E-state index < -0.39 is 11.6 Å². The molecule has 1 aliphatic carbocycles. The molecule has 3 nitrogen and oxygen atoms in total. The van der Waals surface area contributed by atoms with Crippen LogP contribution in [-0.2, 0) is 0 Å². The summed E-state index contributed by atoms with van der Waals surface area (Å²) in [6.45, 7) is 2.01. The van der Waals surface area contributed by atoms with Crippen molar-refractivity contribution < 1.29 is 8.78 Å². The summed E-state index contributed by atoms with van der Waals surface area (Å²) in [6, 6.07) is 11.4. The molecule has 0 saturated heterocycles. The van der Waals surface area contributed by atoms with E-state index in [1.807, 2.05) is 31.2 Å². The zero-order chi connectivity index (χ0) is 15.3. The van der Waals surface area contributed by atoms with Gasteiger partial charge >= 0.3 is 0 Å². The van der Waals surface area contributed by atoms with Crippen LogP contribution in [-0.4, -0.2) is 10.2 Å². The highest BCUT2D eigenvalue weighted by Gasteiger charge is 2.21. The Balaban J connectivity index is 1.86. The molecule has 2 aromatic carbocycles. The van der Waals surface area contributed by atoms with Gasteiger partial charge in [-0.2, -0.15) is 0 Å². The van der Waals surface area contributed by atoms with Crippen molar-refractivity contribution in [2.75, 3.05) is 5.32 Å². The Morgan fingerprint density at radius 3 is 2.55 bits per heavy atom. The van der Waals surface area contributed by atoms with Crippen LogP contribution in [0, 0.1) is 18.6 Å². The molecule has 22 heavy (non-hydrogen) atoms. The van der Waals surface area contributed by atoms with Crippen molar-refractivity contribution in [1.29, 1.82) is 0 Å². The van der Waals surface area contributed by atoms with Crippen molar-refractivity contribution >= 4 is 22.3 Å². The quantitative estimate of drug-likeness (QED) is 0.482. The minimum Gasteiger partial charge on any atom is -0.338 e. The lowest BCUT2D eigenvalue weighted by Crippen LogP contribution is -1.96. The van der Waals surface area contributed by atoms with Crippen LogP contribution in [0.1, 0.15) is 5.56 Å². The van der Waals surface area contributed by atoms with Crippen LogP contribution in [0.4, 0.5) is 20.3 Å². The van der Waals surface area contributed by atoms with E-state index in [1.54, 1.807) is 0 Å². The molecule has 0 atom stereocenters. The van der Waals surface area contributed by atoms with E-state index in [0.717, 1.165) is 45.8 Å². The number of hydrogen-bond donors (Lipinski definition) is 3. The molecule has 0 fully saturated rings. The second kappa shape index (κ2) is 4.59. The number of nitrogens with one attached hydrogen (secondary N) is 3. The molecule has 0 aromatic heterocycles. The molecule has 1 heterocycles. The fourth-order valence-electron chi connectivity index (χ4n) is 2.94. The molecule has 4 rings (SSSR count). The van der Waals surface area contributed by atoms with E-state index in [0.29, 0.717) is 5.82 Å². The predicted octanol–water partition coefficient (Wildman–Crippen LogP) is 4.93. The first-order chi connectivity index (χ1) is 10.6. The van der Waals surface area contributed by atoms with Gasteiger partial charge in [-0.05, 0) is 30.0 Å². The number of rotatable bonds is 2. The number of H-pyrrole nitrogens is 2. The van der Waals surface area contributed by atoms with Crippen LogP contribution in [0.25, 0.3) is 22.0 Å². The van der Waals surface area contributed by atoms with Crippen LogP contribution < -0.4 is 5.32 Å². The van der Waals surface area contributed by atoms with Gasteiger partial charge in [-0.25, -0.2) is 8.78 Å². The Kier molecular flexibility index (Phi) is 2.69. The molecule has 3 N–H and O–H groups in total. The minimum atomic E-state index is -0.502. The van der Waals surface area contributed by atoms with Crippen LogP contribution in [0.5, 0.6) is 0 Å². The topological polar surface area (TPSA) is 43.6 Å². The van der Waals surface area contributed by atoms with Gasteiger partial charge < -0.3 is 5.32 Å². The van der Waals surface area contributed by atoms with E-state index in [9.17, 15) is 8.78 Å². The summed E-state index contributed by atoms with van der Waals surface area (Å²) in [6.07, 6.45) is 0. The smallest absolute Gasteiger partial charge is 0.146 e. The van der Waals surface area contributed by atoms with Gasteiger partial charge in [0, 0.05) is 17.0 Å². The normalized spacial score (nSPS) is 11.4. The molecule has 0 spiro atoms. The van der Waals surface area contributed by atoms with Gasteiger partial charge in [-0.3, -0.25) is 10.2 Å². The summed E-state index contributed by atoms with van der Waals surface area (Å²) < 4.78 is 27.1. The zero-order valence-corrected chi connectivity index (χ0v) is 11.8. The van der Waals surface area contributed by atoms with Crippen molar-refractivity contribution in [2.45, 2.75) is 6.92 Å². The fourth-order valence-corrected chi connectivity index (χ4v) is 2.94. The molecule has 2 aliphatic rings. The molecule has 1 aliphatic heterocycles. The Bertz CT molecular complexity index is 952. The molecule has 5 heteroatoms. The lowest BCUT2D eigenvalue weighted by molar-refractivity contribution is 0.603. The van der Waals surface area contributed by atoms with Gasteiger partial charge in [0.25, 0.3) is 0 Å². The summed E-state index contributed by atoms with van der Waals surface area (Å²) in [7, 11) is 0.